The van der Waals surface area contributed by atoms with Crippen molar-refractivity contribution < 1.29 is 5.11 Å². The zero-order chi connectivity index (χ0) is 15.0. The summed E-state index contributed by atoms with van der Waals surface area (Å²) in [6.07, 6.45) is 3.66. The highest BCUT2D eigenvalue weighted by atomic mass is 35.5. The molecular weight excluding hydrogens is 292 g/mol. The predicted octanol–water partition coefficient (Wildman–Crippen LogP) is 2.68. The Hall–Kier alpha value is -2.01. The molecule has 1 aliphatic carbocycles. The largest absolute Gasteiger partial charge is 0.494 e. The number of benzene rings is 1. The van der Waals surface area contributed by atoms with Crippen LogP contribution in [0.25, 0.3) is 11.1 Å². The van der Waals surface area contributed by atoms with Crippen LogP contribution in [0.2, 0.25) is 5.02 Å². The lowest BCUT2D eigenvalue weighted by molar-refractivity contribution is 0.365. The second-order valence-corrected chi connectivity index (χ2v) is 5.65. The number of halogens is 1. The van der Waals surface area contributed by atoms with Gasteiger partial charge < -0.3 is 5.11 Å². The molecule has 0 atom stereocenters. The van der Waals surface area contributed by atoms with Crippen LogP contribution in [0.5, 0.6) is 5.88 Å². The van der Waals surface area contributed by atoms with E-state index in [-0.39, 0.29) is 17.5 Å². The molecule has 1 heterocycles. The molecule has 2 aromatic rings. The van der Waals surface area contributed by atoms with Gasteiger partial charge in [-0.05, 0) is 18.9 Å². The number of aromatic nitrogens is 2. The maximum Gasteiger partial charge on any atom is 0.331 e. The standard InChI is InChI=1S/C15H15ClN2O3/c16-11-8-4-3-7-10(11)12-13(19)17-15(21)18(14(12)20)9-5-1-2-6-9/h3-4,7-9,20H,1-2,5-6H2,(H,17,19,21). The minimum Gasteiger partial charge on any atom is -0.494 e. The van der Waals surface area contributed by atoms with E-state index in [1.807, 2.05) is 0 Å². The average molecular weight is 307 g/mol. The maximum absolute atomic E-state index is 12.1. The quantitative estimate of drug-likeness (QED) is 0.895. The Labute approximate surface area is 125 Å². The Morgan fingerprint density at radius 3 is 2.52 bits per heavy atom. The molecule has 1 aliphatic rings. The smallest absolute Gasteiger partial charge is 0.331 e. The van der Waals surface area contributed by atoms with E-state index in [2.05, 4.69) is 4.98 Å². The summed E-state index contributed by atoms with van der Waals surface area (Å²) in [6.45, 7) is 0. The third-order valence-electron chi connectivity index (χ3n) is 3.95. The number of nitrogens with zero attached hydrogens (tertiary/aromatic N) is 1. The SMILES string of the molecule is O=c1[nH]c(=O)n(C2CCCC2)c(O)c1-c1ccccc1Cl. The van der Waals surface area contributed by atoms with E-state index < -0.39 is 11.2 Å². The van der Waals surface area contributed by atoms with E-state index in [9.17, 15) is 14.7 Å². The molecule has 21 heavy (non-hydrogen) atoms. The number of hydrogen-bond acceptors (Lipinski definition) is 3. The minimum absolute atomic E-state index is 0.0482. The lowest BCUT2D eigenvalue weighted by atomic mass is 10.1. The monoisotopic (exact) mass is 306 g/mol. The van der Waals surface area contributed by atoms with Crippen molar-refractivity contribution >= 4 is 11.6 Å². The van der Waals surface area contributed by atoms with E-state index >= 15 is 0 Å². The summed E-state index contributed by atoms with van der Waals surface area (Å²) < 4.78 is 1.28. The summed E-state index contributed by atoms with van der Waals surface area (Å²) in [6, 6.07) is 6.68. The highest BCUT2D eigenvalue weighted by Gasteiger charge is 2.25. The molecule has 1 fully saturated rings. The van der Waals surface area contributed by atoms with Crippen LogP contribution in [-0.2, 0) is 0 Å². The fourth-order valence-electron chi connectivity index (χ4n) is 2.95. The molecule has 1 aromatic carbocycles. The normalized spacial score (nSPS) is 15.5. The zero-order valence-corrected chi connectivity index (χ0v) is 12.1. The van der Waals surface area contributed by atoms with Crippen molar-refractivity contribution in [2.24, 2.45) is 0 Å². The number of hydrogen-bond donors (Lipinski definition) is 2. The topological polar surface area (TPSA) is 75.1 Å². The molecule has 1 aromatic heterocycles. The highest BCUT2D eigenvalue weighted by molar-refractivity contribution is 6.33. The number of H-pyrrole nitrogens is 1. The van der Waals surface area contributed by atoms with E-state index in [4.69, 9.17) is 11.6 Å². The van der Waals surface area contributed by atoms with Gasteiger partial charge in [0.25, 0.3) is 5.56 Å². The molecule has 3 rings (SSSR count). The first-order chi connectivity index (χ1) is 10.1. The third-order valence-corrected chi connectivity index (χ3v) is 4.28. The van der Waals surface area contributed by atoms with Gasteiger partial charge in [0.15, 0.2) is 0 Å². The first-order valence-corrected chi connectivity index (χ1v) is 7.30. The van der Waals surface area contributed by atoms with Crippen LogP contribution in [0.4, 0.5) is 0 Å². The van der Waals surface area contributed by atoms with Gasteiger partial charge in [0.05, 0.1) is 0 Å². The molecule has 2 N–H and O–H groups in total. The summed E-state index contributed by atoms with van der Waals surface area (Å²) in [4.78, 5) is 26.4. The summed E-state index contributed by atoms with van der Waals surface area (Å²) in [5.74, 6) is -0.302. The number of aromatic hydroxyl groups is 1. The van der Waals surface area contributed by atoms with Gasteiger partial charge in [0.1, 0.15) is 5.56 Å². The Kier molecular flexibility index (Phi) is 3.59. The third kappa shape index (κ3) is 2.38. The van der Waals surface area contributed by atoms with Crippen molar-refractivity contribution in [3.8, 4) is 17.0 Å². The first kappa shape index (κ1) is 13.9. The number of aromatic amines is 1. The summed E-state index contributed by atoms with van der Waals surface area (Å²) in [5.41, 5.74) is -0.725. The average Bonchev–Trinajstić information content (AvgIpc) is 2.94. The van der Waals surface area contributed by atoms with Crippen LogP contribution in [-0.4, -0.2) is 14.7 Å². The van der Waals surface area contributed by atoms with Gasteiger partial charge in [-0.25, -0.2) is 4.79 Å². The number of nitrogens with one attached hydrogen (secondary N) is 1. The van der Waals surface area contributed by atoms with Crippen LogP contribution < -0.4 is 11.2 Å². The Morgan fingerprint density at radius 2 is 1.86 bits per heavy atom. The first-order valence-electron chi connectivity index (χ1n) is 6.92. The molecule has 110 valence electrons. The highest BCUT2D eigenvalue weighted by Crippen LogP contribution is 2.35. The van der Waals surface area contributed by atoms with Crippen molar-refractivity contribution in [1.29, 1.82) is 0 Å². The molecule has 0 amide bonds. The van der Waals surface area contributed by atoms with Crippen LogP contribution in [0, 0.1) is 0 Å². The van der Waals surface area contributed by atoms with Gasteiger partial charge in [-0.3, -0.25) is 14.3 Å². The van der Waals surface area contributed by atoms with Crippen molar-refractivity contribution in [3.05, 3.63) is 50.1 Å². The second-order valence-electron chi connectivity index (χ2n) is 5.25. The van der Waals surface area contributed by atoms with E-state index in [0.29, 0.717) is 10.6 Å². The molecule has 0 unspecified atom stereocenters. The van der Waals surface area contributed by atoms with Gasteiger partial charge in [-0.2, -0.15) is 0 Å². The summed E-state index contributed by atoms with van der Waals surface area (Å²) >= 11 is 6.10. The van der Waals surface area contributed by atoms with Crippen molar-refractivity contribution in [3.63, 3.8) is 0 Å². The van der Waals surface area contributed by atoms with Crippen LogP contribution in [0.1, 0.15) is 31.7 Å². The van der Waals surface area contributed by atoms with E-state index in [1.54, 1.807) is 24.3 Å². The molecule has 0 bridgehead atoms. The fourth-order valence-corrected chi connectivity index (χ4v) is 3.18. The second kappa shape index (κ2) is 5.41. The van der Waals surface area contributed by atoms with E-state index in [0.717, 1.165) is 25.7 Å². The number of rotatable bonds is 2. The van der Waals surface area contributed by atoms with E-state index in [1.165, 1.54) is 4.57 Å². The molecule has 0 aliphatic heterocycles. The molecule has 1 saturated carbocycles. The lowest BCUT2D eigenvalue weighted by Crippen LogP contribution is -2.32. The molecule has 0 radical (unpaired) electrons. The Bertz CT molecular complexity index is 788. The summed E-state index contributed by atoms with van der Waals surface area (Å²) in [5, 5.41) is 10.8. The molecule has 5 nitrogen and oxygen atoms in total. The molecule has 6 heteroatoms. The van der Waals surface area contributed by atoms with Gasteiger partial charge in [0, 0.05) is 16.6 Å². The van der Waals surface area contributed by atoms with Crippen molar-refractivity contribution in [2.75, 3.05) is 0 Å². The van der Waals surface area contributed by atoms with Crippen molar-refractivity contribution in [2.45, 2.75) is 31.7 Å². The fraction of sp³-hybridized carbons (Fsp3) is 0.333. The van der Waals surface area contributed by atoms with Gasteiger partial charge in [-0.15, -0.1) is 0 Å². The Balaban J connectivity index is 2.27. The van der Waals surface area contributed by atoms with Gasteiger partial charge in [-0.1, -0.05) is 42.6 Å². The molecule has 0 saturated heterocycles. The van der Waals surface area contributed by atoms with Gasteiger partial charge >= 0.3 is 5.69 Å². The van der Waals surface area contributed by atoms with Crippen LogP contribution >= 0.6 is 11.6 Å². The van der Waals surface area contributed by atoms with Crippen LogP contribution in [0.15, 0.2) is 33.9 Å². The summed E-state index contributed by atoms with van der Waals surface area (Å²) in [7, 11) is 0. The maximum atomic E-state index is 12.1. The van der Waals surface area contributed by atoms with Crippen molar-refractivity contribution in [1.82, 2.24) is 9.55 Å². The predicted molar refractivity (Wildman–Crippen MR) is 80.9 cm³/mol. The molecule has 0 spiro atoms. The van der Waals surface area contributed by atoms with Crippen LogP contribution in [0.3, 0.4) is 0 Å². The Morgan fingerprint density at radius 1 is 1.19 bits per heavy atom. The zero-order valence-electron chi connectivity index (χ0n) is 11.3. The molecular formula is C15H15ClN2O3. The lowest BCUT2D eigenvalue weighted by Gasteiger charge is -2.17. The minimum atomic E-state index is -0.625. The van der Waals surface area contributed by atoms with Gasteiger partial charge in [0.2, 0.25) is 5.88 Å².